The summed E-state index contributed by atoms with van der Waals surface area (Å²) in [6.45, 7) is 5.32. The smallest absolute Gasteiger partial charge is 0.348 e. The van der Waals surface area contributed by atoms with Crippen LogP contribution < -0.4 is 5.63 Å². The second-order valence-electron chi connectivity index (χ2n) is 12.6. The monoisotopic (exact) mass is 481 g/mol. The van der Waals surface area contributed by atoms with Crippen molar-refractivity contribution in [3.63, 3.8) is 0 Å². The van der Waals surface area contributed by atoms with Crippen molar-refractivity contribution in [1.82, 2.24) is 4.98 Å². The highest BCUT2D eigenvalue weighted by Gasteiger charge is 2.59. The van der Waals surface area contributed by atoms with Crippen LogP contribution in [0.25, 0.3) is 10.9 Å². The molecule has 3 nitrogen and oxygen atoms in total. The largest absolute Gasteiger partial charge is 0.408 e. The van der Waals surface area contributed by atoms with E-state index in [9.17, 15) is 4.79 Å². The van der Waals surface area contributed by atoms with E-state index in [2.05, 4.69) is 18.8 Å². The molecule has 0 amide bonds. The van der Waals surface area contributed by atoms with Gasteiger partial charge in [-0.2, -0.15) is 0 Å². The Labute approximate surface area is 209 Å². The van der Waals surface area contributed by atoms with Crippen molar-refractivity contribution in [2.45, 2.75) is 97.3 Å². The summed E-state index contributed by atoms with van der Waals surface area (Å²) < 4.78 is 5.55. The lowest BCUT2D eigenvalue weighted by atomic mass is 9.45. The normalized spacial score (nSPS) is 39.4. The average Bonchev–Trinajstić information content (AvgIpc) is 3.15. The number of aromatic nitrogens is 1. The minimum Gasteiger partial charge on any atom is -0.408 e. The molecule has 0 aliphatic heterocycles. The Kier molecular flexibility index (Phi) is 5.87. The standard InChI is InChI=1S/C30H40ClNO2/c1-29-17-4-3-7-19(29)12-14-21-22-15-13-20(30(22,2)18-16-23(21)29)8-5-11-26-32-25-10-6-9-24(31)27(25)28(33)34-26/h6,9-10,19-23H,3-5,7-8,11-18H2,1-2H3. The number of fused-ring (bicyclic) bond motifs is 6. The zero-order valence-electron chi connectivity index (χ0n) is 21.0. The molecular weight excluding hydrogens is 442 g/mol. The Morgan fingerprint density at radius 3 is 2.74 bits per heavy atom. The molecule has 1 aromatic heterocycles. The number of nitrogens with zero attached hydrogens (tertiary/aromatic N) is 1. The van der Waals surface area contributed by atoms with E-state index in [1.807, 2.05) is 12.1 Å². The van der Waals surface area contributed by atoms with E-state index in [0.29, 0.717) is 32.6 Å². The van der Waals surface area contributed by atoms with Crippen LogP contribution in [0.3, 0.4) is 0 Å². The maximum absolute atomic E-state index is 12.4. The lowest BCUT2D eigenvalue weighted by Crippen LogP contribution is -2.52. The Balaban J connectivity index is 1.13. The van der Waals surface area contributed by atoms with Crippen LogP contribution in [0, 0.1) is 40.4 Å². The molecule has 4 saturated carbocycles. The quantitative estimate of drug-likeness (QED) is 0.441. The molecule has 7 unspecified atom stereocenters. The van der Waals surface area contributed by atoms with Crippen LogP contribution in [0.2, 0.25) is 5.02 Å². The molecule has 6 rings (SSSR count). The minimum absolute atomic E-state index is 0.358. The Bertz CT molecular complexity index is 1130. The second-order valence-corrected chi connectivity index (χ2v) is 13.0. The molecule has 0 N–H and O–H groups in total. The molecule has 4 fully saturated rings. The van der Waals surface area contributed by atoms with Gasteiger partial charge in [0.1, 0.15) is 5.39 Å². The first kappa shape index (κ1) is 23.1. The van der Waals surface area contributed by atoms with E-state index in [4.69, 9.17) is 16.0 Å². The summed E-state index contributed by atoms with van der Waals surface area (Å²) in [5, 5.41) is 0.819. The lowest BCUT2D eigenvalue weighted by molar-refractivity contribution is -0.111. The van der Waals surface area contributed by atoms with Gasteiger partial charge in [0.15, 0.2) is 5.89 Å². The molecule has 34 heavy (non-hydrogen) atoms. The van der Waals surface area contributed by atoms with Gasteiger partial charge in [-0.05, 0) is 117 Å². The topological polar surface area (TPSA) is 43.1 Å². The number of hydrogen-bond acceptors (Lipinski definition) is 3. The second kappa shape index (κ2) is 8.64. The van der Waals surface area contributed by atoms with Crippen molar-refractivity contribution in [2.24, 2.45) is 40.4 Å². The predicted molar refractivity (Wildman–Crippen MR) is 138 cm³/mol. The van der Waals surface area contributed by atoms with E-state index < -0.39 is 0 Å². The van der Waals surface area contributed by atoms with Crippen molar-refractivity contribution in [3.8, 4) is 0 Å². The van der Waals surface area contributed by atoms with Crippen LogP contribution in [-0.4, -0.2) is 4.98 Å². The van der Waals surface area contributed by atoms with Crippen molar-refractivity contribution in [3.05, 3.63) is 39.5 Å². The molecule has 184 valence electrons. The third kappa shape index (κ3) is 3.59. The van der Waals surface area contributed by atoms with E-state index in [0.717, 1.165) is 42.4 Å². The molecule has 0 bridgehead atoms. The molecule has 2 aromatic rings. The number of rotatable bonds is 4. The van der Waals surface area contributed by atoms with Crippen molar-refractivity contribution in [2.75, 3.05) is 0 Å². The van der Waals surface area contributed by atoms with Crippen LogP contribution in [0.5, 0.6) is 0 Å². The summed E-state index contributed by atoms with van der Waals surface area (Å²) in [5.74, 6) is 5.24. The van der Waals surface area contributed by atoms with Crippen LogP contribution in [0.4, 0.5) is 0 Å². The highest BCUT2D eigenvalue weighted by atomic mass is 35.5. The van der Waals surface area contributed by atoms with Crippen LogP contribution in [0.15, 0.2) is 27.4 Å². The van der Waals surface area contributed by atoms with Crippen molar-refractivity contribution in [1.29, 1.82) is 0 Å². The maximum Gasteiger partial charge on any atom is 0.348 e. The van der Waals surface area contributed by atoms with E-state index >= 15 is 0 Å². The SMILES string of the molecule is CC12CCCCC1CCC1C2CCC2(C)C(CCCc3nc4cccc(Cl)c4c(=O)o3)CCC12. The fourth-order valence-corrected chi connectivity index (χ4v) is 9.85. The maximum atomic E-state index is 12.4. The molecule has 7 atom stereocenters. The summed E-state index contributed by atoms with van der Waals surface area (Å²) in [5.41, 5.74) is 1.42. The van der Waals surface area contributed by atoms with Gasteiger partial charge in [0.05, 0.1) is 10.5 Å². The number of hydrogen-bond donors (Lipinski definition) is 0. The molecule has 1 aromatic carbocycles. The summed E-state index contributed by atoms with van der Waals surface area (Å²) in [7, 11) is 0. The Morgan fingerprint density at radius 1 is 1.00 bits per heavy atom. The zero-order valence-corrected chi connectivity index (χ0v) is 21.7. The third-order valence-corrected chi connectivity index (χ3v) is 11.7. The van der Waals surface area contributed by atoms with Gasteiger partial charge in [0.2, 0.25) is 0 Å². The predicted octanol–water partition coefficient (Wildman–Crippen LogP) is 8.21. The van der Waals surface area contributed by atoms with Gasteiger partial charge in [-0.1, -0.05) is 44.4 Å². The molecule has 4 aliphatic carbocycles. The Morgan fingerprint density at radius 2 is 1.85 bits per heavy atom. The van der Waals surface area contributed by atoms with Gasteiger partial charge in [-0.25, -0.2) is 9.78 Å². The van der Waals surface area contributed by atoms with Crippen LogP contribution in [-0.2, 0) is 6.42 Å². The van der Waals surface area contributed by atoms with Crippen LogP contribution in [0.1, 0.15) is 96.8 Å². The first-order valence-corrected chi connectivity index (χ1v) is 14.4. The minimum atomic E-state index is -0.358. The van der Waals surface area contributed by atoms with Gasteiger partial charge in [-0.15, -0.1) is 0 Å². The van der Waals surface area contributed by atoms with Gasteiger partial charge in [0, 0.05) is 6.42 Å². The Hall–Kier alpha value is -1.35. The number of halogens is 1. The highest BCUT2D eigenvalue weighted by molar-refractivity contribution is 6.35. The first-order chi connectivity index (χ1) is 16.4. The molecule has 4 heteroatoms. The van der Waals surface area contributed by atoms with Gasteiger partial charge in [-0.3, -0.25) is 0 Å². The third-order valence-electron chi connectivity index (χ3n) is 11.4. The van der Waals surface area contributed by atoms with E-state index in [1.54, 1.807) is 6.07 Å². The number of aryl methyl sites for hydroxylation is 1. The van der Waals surface area contributed by atoms with E-state index in [-0.39, 0.29) is 5.63 Å². The van der Waals surface area contributed by atoms with Crippen molar-refractivity contribution >= 4 is 22.5 Å². The summed E-state index contributed by atoms with van der Waals surface area (Å²) >= 11 is 6.18. The average molecular weight is 482 g/mol. The lowest BCUT2D eigenvalue weighted by Gasteiger charge is -2.60. The molecule has 1 heterocycles. The molecule has 4 aliphatic rings. The molecule has 0 saturated heterocycles. The van der Waals surface area contributed by atoms with Crippen LogP contribution >= 0.6 is 11.6 Å². The van der Waals surface area contributed by atoms with Gasteiger partial charge >= 0.3 is 5.63 Å². The number of benzene rings is 1. The molecular formula is C30H40ClNO2. The molecule has 0 spiro atoms. The summed E-state index contributed by atoms with van der Waals surface area (Å²) in [6, 6.07) is 5.41. The van der Waals surface area contributed by atoms with Gasteiger partial charge in [0.25, 0.3) is 0 Å². The fraction of sp³-hybridized carbons (Fsp3) is 0.733. The zero-order chi connectivity index (χ0) is 23.5. The fourth-order valence-electron chi connectivity index (χ4n) is 9.61. The van der Waals surface area contributed by atoms with Gasteiger partial charge < -0.3 is 4.42 Å². The highest BCUT2D eigenvalue weighted by Crippen LogP contribution is 2.67. The first-order valence-electron chi connectivity index (χ1n) is 14.0. The summed E-state index contributed by atoms with van der Waals surface area (Å²) in [4.78, 5) is 17.1. The summed E-state index contributed by atoms with van der Waals surface area (Å²) in [6.07, 6.45) is 17.6. The van der Waals surface area contributed by atoms with E-state index in [1.165, 1.54) is 70.6 Å². The molecule has 0 radical (unpaired) electrons. The van der Waals surface area contributed by atoms with Crippen molar-refractivity contribution < 1.29 is 4.42 Å².